The fraction of sp³-hybridized carbons (Fsp3) is 0.538. The molecular weight excluding hydrogens is 314 g/mol. The molecule has 0 amide bonds. The molecule has 2 N–H and O–H groups in total. The largest absolute Gasteiger partial charge is 0.387 e. The van der Waals surface area contributed by atoms with E-state index in [9.17, 15) is 21.9 Å². The van der Waals surface area contributed by atoms with Crippen LogP contribution in [0.25, 0.3) is 0 Å². The number of hydrogen-bond donors (Lipinski definition) is 2. The van der Waals surface area contributed by atoms with E-state index in [1.165, 1.54) is 0 Å². The zero-order valence-electron chi connectivity index (χ0n) is 11.5. The number of aliphatic hydroxyl groups is 1. The van der Waals surface area contributed by atoms with Crippen LogP contribution in [0.3, 0.4) is 0 Å². The molecule has 1 atom stereocenters. The minimum absolute atomic E-state index is 0.0974. The summed E-state index contributed by atoms with van der Waals surface area (Å²) in [6.45, 7) is -0.115. The third-order valence-corrected chi connectivity index (χ3v) is 7.24. The Bertz CT molecular complexity index is 656. The van der Waals surface area contributed by atoms with Gasteiger partial charge in [0.15, 0.2) is 0 Å². The molecule has 0 spiro atoms. The minimum atomic E-state index is -3.61. The summed E-state index contributed by atoms with van der Waals surface area (Å²) < 4.78 is 49.3. The van der Waals surface area contributed by atoms with Crippen molar-refractivity contribution < 1.29 is 21.9 Å². The maximum Gasteiger partial charge on any atom is 0.214 e. The molecule has 1 saturated heterocycles. The van der Waals surface area contributed by atoms with E-state index in [2.05, 4.69) is 4.72 Å². The second-order valence-corrected chi connectivity index (χ2v) is 9.52. The normalized spacial score (nSPS) is 21.0. The van der Waals surface area contributed by atoms with E-state index in [1.807, 2.05) is 6.07 Å². The van der Waals surface area contributed by atoms with E-state index in [1.54, 1.807) is 24.3 Å². The van der Waals surface area contributed by atoms with E-state index in [0.29, 0.717) is 5.56 Å². The number of aliphatic hydroxyl groups excluding tert-OH is 1. The Kier molecular flexibility index (Phi) is 5.03. The van der Waals surface area contributed by atoms with Crippen molar-refractivity contribution in [3.63, 3.8) is 0 Å². The van der Waals surface area contributed by atoms with Crippen molar-refractivity contribution in [2.45, 2.75) is 24.2 Å². The number of sulfone groups is 1. The highest BCUT2D eigenvalue weighted by molar-refractivity contribution is 7.92. The smallest absolute Gasteiger partial charge is 0.214 e. The molecule has 1 aromatic carbocycles. The molecule has 1 unspecified atom stereocenters. The van der Waals surface area contributed by atoms with Gasteiger partial charge in [0.2, 0.25) is 10.0 Å². The minimum Gasteiger partial charge on any atom is -0.387 e. The molecular formula is C13H19NO5S2. The van der Waals surface area contributed by atoms with Gasteiger partial charge in [0.05, 0.1) is 22.9 Å². The Morgan fingerprint density at radius 3 is 2.33 bits per heavy atom. The molecule has 21 heavy (non-hydrogen) atoms. The first-order valence-electron chi connectivity index (χ1n) is 6.72. The van der Waals surface area contributed by atoms with Crippen molar-refractivity contribution in [2.75, 3.05) is 18.1 Å². The number of hydrogen-bond acceptors (Lipinski definition) is 5. The number of nitrogens with one attached hydrogen (secondary N) is 1. The standard InChI is InChI=1S/C13H19NO5S2/c15-13(11-4-2-1-3-5-11)10-14-21(18,19)12-6-8-20(16,17)9-7-12/h1-5,12-15H,6-10H2. The third kappa shape index (κ3) is 4.50. The van der Waals surface area contributed by atoms with Gasteiger partial charge < -0.3 is 5.11 Å². The highest BCUT2D eigenvalue weighted by Crippen LogP contribution is 2.19. The van der Waals surface area contributed by atoms with Gasteiger partial charge in [-0.05, 0) is 18.4 Å². The van der Waals surface area contributed by atoms with Crippen molar-refractivity contribution in [3.05, 3.63) is 35.9 Å². The fourth-order valence-electron chi connectivity index (χ4n) is 2.28. The Balaban J connectivity index is 1.93. The molecule has 1 fully saturated rings. The summed E-state index contributed by atoms with van der Waals surface area (Å²) in [5.41, 5.74) is 0.631. The van der Waals surface area contributed by atoms with Crippen LogP contribution in [0.2, 0.25) is 0 Å². The summed E-state index contributed by atoms with van der Waals surface area (Å²) >= 11 is 0. The molecule has 2 rings (SSSR count). The lowest BCUT2D eigenvalue weighted by atomic mass is 10.1. The van der Waals surface area contributed by atoms with Gasteiger partial charge in [-0.3, -0.25) is 0 Å². The lowest BCUT2D eigenvalue weighted by molar-refractivity contribution is 0.182. The Labute approximate surface area is 125 Å². The molecule has 118 valence electrons. The van der Waals surface area contributed by atoms with E-state index >= 15 is 0 Å². The monoisotopic (exact) mass is 333 g/mol. The van der Waals surface area contributed by atoms with Crippen molar-refractivity contribution >= 4 is 19.9 Å². The van der Waals surface area contributed by atoms with Gasteiger partial charge >= 0.3 is 0 Å². The fourth-order valence-corrected chi connectivity index (χ4v) is 5.56. The first kappa shape index (κ1) is 16.4. The maximum atomic E-state index is 12.1. The predicted molar refractivity (Wildman–Crippen MR) is 80.0 cm³/mol. The average molecular weight is 333 g/mol. The van der Waals surface area contributed by atoms with Crippen LogP contribution in [0, 0.1) is 0 Å². The summed E-state index contributed by atoms with van der Waals surface area (Å²) in [4.78, 5) is 0. The topological polar surface area (TPSA) is 101 Å². The molecule has 0 bridgehead atoms. The molecule has 1 aromatic rings. The van der Waals surface area contributed by atoms with Crippen molar-refractivity contribution in [1.82, 2.24) is 4.72 Å². The second kappa shape index (κ2) is 6.43. The highest BCUT2D eigenvalue weighted by Gasteiger charge is 2.32. The Hall–Kier alpha value is -0.960. The SMILES string of the molecule is O=S1(=O)CCC(S(=O)(=O)NCC(O)c2ccccc2)CC1. The number of sulfonamides is 1. The van der Waals surface area contributed by atoms with Gasteiger partial charge in [-0.25, -0.2) is 21.6 Å². The molecule has 6 nitrogen and oxygen atoms in total. The summed E-state index contributed by atoms with van der Waals surface area (Å²) in [5, 5.41) is 9.24. The molecule has 0 aliphatic carbocycles. The molecule has 0 radical (unpaired) electrons. The lowest BCUT2D eigenvalue weighted by Crippen LogP contribution is -2.41. The van der Waals surface area contributed by atoms with Crippen LogP contribution in [0.1, 0.15) is 24.5 Å². The van der Waals surface area contributed by atoms with Crippen LogP contribution < -0.4 is 4.72 Å². The summed E-state index contributed by atoms with van der Waals surface area (Å²) in [6, 6.07) is 8.76. The van der Waals surface area contributed by atoms with Gasteiger partial charge in [0, 0.05) is 6.54 Å². The number of benzene rings is 1. The van der Waals surface area contributed by atoms with Gasteiger partial charge in [0.1, 0.15) is 9.84 Å². The van der Waals surface area contributed by atoms with Gasteiger partial charge in [0.25, 0.3) is 0 Å². The zero-order valence-corrected chi connectivity index (χ0v) is 13.1. The molecule has 0 aromatic heterocycles. The molecule has 1 heterocycles. The predicted octanol–water partition coefficient (Wildman–Crippen LogP) is 0.217. The first-order chi connectivity index (χ1) is 9.80. The van der Waals surface area contributed by atoms with E-state index in [4.69, 9.17) is 0 Å². The van der Waals surface area contributed by atoms with Crippen molar-refractivity contribution in [3.8, 4) is 0 Å². The molecule has 0 saturated carbocycles. The van der Waals surface area contributed by atoms with Crippen LogP contribution >= 0.6 is 0 Å². The summed E-state index contributed by atoms with van der Waals surface area (Å²) in [7, 11) is -6.70. The summed E-state index contributed by atoms with van der Waals surface area (Å²) in [6.07, 6.45) is -0.702. The van der Waals surface area contributed by atoms with Crippen LogP contribution in [0.4, 0.5) is 0 Å². The summed E-state index contributed by atoms with van der Waals surface area (Å²) in [5.74, 6) is -0.195. The van der Waals surface area contributed by atoms with Crippen molar-refractivity contribution in [2.24, 2.45) is 0 Å². The van der Waals surface area contributed by atoms with Crippen LogP contribution in [-0.2, 0) is 19.9 Å². The third-order valence-electron chi connectivity index (χ3n) is 3.60. The average Bonchev–Trinajstić information content (AvgIpc) is 2.45. The van der Waals surface area contributed by atoms with Crippen LogP contribution in [0.5, 0.6) is 0 Å². The van der Waals surface area contributed by atoms with Gasteiger partial charge in [-0.1, -0.05) is 30.3 Å². The van der Waals surface area contributed by atoms with Crippen LogP contribution in [0.15, 0.2) is 30.3 Å². The molecule has 1 aliphatic heterocycles. The van der Waals surface area contributed by atoms with E-state index < -0.39 is 31.2 Å². The zero-order chi connectivity index (χ0) is 15.5. The van der Waals surface area contributed by atoms with E-state index in [0.717, 1.165) is 0 Å². The Morgan fingerprint density at radius 1 is 1.19 bits per heavy atom. The molecule has 8 heteroatoms. The van der Waals surface area contributed by atoms with Gasteiger partial charge in [-0.15, -0.1) is 0 Å². The Morgan fingerprint density at radius 2 is 1.76 bits per heavy atom. The number of rotatable bonds is 5. The quantitative estimate of drug-likeness (QED) is 0.802. The second-order valence-electron chi connectivity index (χ2n) is 5.17. The maximum absolute atomic E-state index is 12.1. The van der Waals surface area contributed by atoms with Gasteiger partial charge in [-0.2, -0.15) is 0 Å². The first-order valence-corrected chi connectivity index (χ1v) is 10.1. The molecule has 1 aliphatic rings. The van der Waals surface area contributed by atoms with E-state index in [-0.39, 0.29) is 30.9 Å². The highest BCUT2D eigenvalue weighted by atomic mass is 32.2. The van der Waals surface area contributed by atoms with Crippen LogP contribution in [-0.4, -0.2) is 45.2 Å². The lowest BCUT2D eigenvalue weighted by Gasteiger charge is -2.23. The van der Waals surface area contributed by atoms with Crippen molar-refractivity contribution in [1.29, 1.82) is 0 Å².